The second-order valence-corrected chi connectivity index (χ2v) is 8.20. The molecule has 0 amide bonds. The minimum absolute atomic E-state index is 0.0465. The van der Waals surface area contributed by atoms with Crippen LogP contribution in [0.4, 0.5) is 0 Å². The molecular formula is C21H28O5S. The lowest BCUT2D eigenvalue weighted by atomic mass is 10.0. The Morgan fingerprint density at radius 2 is 1.96 bits per heavy atom. The van der Waals surface area contributed by atoms with Crippen LogP contribution in [0.15, 0.2) is 42.5 Å². The van der Waals surface area contributed by atoms with E-state index in [9.17, 15) is 19.8 Å². The summed E-state index contributed by atoms with van der Waals surface area (Å²) >= 11 is 1.53. The Bertz CT molecular complexity index is 631. The third-order valence-corrected chi connectivity index (χ3v) is 6.16. The van der Waals surface area contributed by atoms with Gasteiger partial charge in [0.05, 0.1) is 17.5 Å². The SMILES string of the molecule is O=C(O)CCCCCSC1C(=O)C[C@@H](O)[C@@H]1/C=C/[C@@H](O)Cc1ccccc1. The van der Waals surface area contributed by atoms with E-state index in [1.165, 1.54) is 11.8 Å². The first-order valence-corrected chi connectivity index (χ1v) is 10.5. The first kappa shape index (κ1) is 21.7. The average molecular weight is 393 g/mol. The summed E-state index contributed by atoms with van der Waals surface area (Å²) in [4.78, 5) is 22.7. The molecule has 0 heterocycles. The highest BCUT2D eigenvalue weighted by Gasteiger charge is 2.40. The van der Waals surface area contributed by atoms with Gasteiger partial charge in [-0.15, -0.1) is 11.8 Å². The summed E-state index contributed by atoms with van der Waals surface area (Å²) in [5.74, 6) is -0.257. The van der Waals surface area contributed by atoms with Gasteiger partial charge in [-0.3, -0.25) is 9.59 Å². The van der Waals surface area contributed by atoms with Crippen LogP contribution in [0.25, 0.3) is 0 Å². The Balaban J connectivity index is 1.81. The van der Waals surface area contributed by atoms with Gasteiger partial charge in [0, 0.05) is 25.2 Å². The van der Waals surface area contributed by atoms with E-state index in [4.69, 9.17) is 5.11 Å². The fraction of sp³-hybridized carbons (Fsp3) is 0.524. The molecule has 0 spiro atoms. The Morgan fingerprint density at radius 1 is 1.22 bits per heavy atom. The number of thioether (sulfide) groups is 1. The topological polar surface area (TPSA) is 94.8 Å². The molecule has 27 heavy (non-hydrogen) atoms. The van der Waals surface area contributed by atoms with Gasteiger partial charge in [0.2, 0.25) is 0 Å². The van der Waals surface area contributed by atoms with E-state index >= 15 is 0 Å². The lowest BCUT2D eigenvalue weighted by Crippen LogP contribution is -2.22. The zero-order valence-electron chi connectivity index (χ0n) is 15.4. The number of unbranched alkanes of at least 4 members (excludes halogenated alkanes) is 2. The summed E-state index contributed by atoms with van der Waals surface area (Å²) in [7, 11) is 0. The van der Waals surface area contributed by atoms with Crippen LogP contribution >= 0.6 is 11.8 Å². The van der Waals surface area contributed by atoms with E-state index < -0.39 is 18.2 Å². The number of Topliss-reactive ketones (excluding diaryl/α,β-unsaturated/α-hetero) is 1. The lowest BCUT2D eigenvalue weighted by Gasteiger charge is -2.17. The van der Waals surface area contributed by atoms with Crippen molar-refractivity contribution in [2.45, 2.75) is 56.0 Å². The molecule has 148 valence electrons. The first-order valence-electron chi connectivity index (χ1n) is 9.42. The van der Waals surface area contributed by atoms with Crippen molar-refractivity contribution in [3.63, 3.8) is 0 Å². The van der Waals surface area contributed by atoms with E-state index in [0.717, 1.165) is 24.2 Å². The molecule has 1 fully saturated rings. The van der Waals surface area contributed by atoms with E-state index in [0.29, 0.717) is 12.8 Å². The van der Waals surface area contributed by atoms with Crippen LogP contribution in [-0.4, -0.2) is 50.3 Å². The molecule has 2 rings (SSSR count). The molecule has 1 unspecified atom stereocenters. The van der Waals surface area contributed by atoms with Crippen LogP contribution in [0.2, 0.25) is 0 Å². The minimum Gasteiger partial charge on any atom is -0.481 e. The van der Waals surface area contributed by atoms with Crippen molar-refractivity contribution in [1.29, 1.82) is 0 Å². The Hall–Kier alpha value is -1.63. The molecule has 0 aromatic heterocycles. The predicted molar refractivity (Wildman–Crippen MR) is 107 cm³/mol. The van der Waals surface area contributed by atoms with Gasteiger partial charge in [-0.25, -0.2) is 0 Å². The van der Waals surface area contributed by atoms with Crippen molar-refractivity contribution in [2.75, 3.05) is 5.75 Å². The van der Waals surface area contributed by atoms with Crippen LogP contribution in [0, 0.1) is 5.92 Å². The number of carboxylic acids is 1. The highest BCUT2D eigenvalue weighted by Crippen LogP contribution is 2.34. The quantitative estimate of drug-likeness (QED) is 0.396. The van der Waals surface area contributed by atoms with Crippen LogP contribution in [-0.2, 0) is 16.0 Å². The van der Waals surface area contributed by atoms with Gasteiger partial charge in [0.1, 0.15) is 5.78 Å². The maximum atomic E-state index is 12.2. The summed E-state index contributed by atoms with van der Waals surface area (Å²) < 4.78 is 0. The summed E-state index contributed by atoms with van der Waals surface area (Å²) in [5, 5.41) is 28.8. The van der Waals surface area contributed by atoms with Crippen molar-refractivity contribution >= 4 is 23.5 Å². The molecule has 1 saturated carbocycles. The molecule has 6 heteroatoms. The van der Waals surface area contributed by atoms with E-state index in [1.807, 2.05) is 30.3 Å². The number of aliphatic hydroxyl groups is 2. The van der Waals surface area contributed by atoms with Crippen molar-refractivity contribution in [1.82, 2.24) is 0 Å². The lowest BCUT2D eigenvalue weighted by molar-refractivity contribution is -0.137. The minimum atomic E-state index is -0.781. The van der Waals surface area contributed by atoms with Crippen LogP contribution < -0.4 is 0 Å². The number of ketones is 1. The highest BCUT2D eigenvalue weighted by atomic mass is 32.2. The molecule has 1 aromatic carbocycles. The molecule has 3 N–H and O–H groups in total. The average Bonchev–Trinajstić information content (AvgIpc) is 2.89. The zero-order chi connectivity index (χ0) is 19.6. The summed E-state index contributed by atoms with van der Waals surface area (Å²) in [6.07, 6.45) is 5.24. The number of carbonyl (C=O) groups excluding carboxylic acids is 1. The van der Waals surface area contributed by atoms with Gasteiger partial charge in [0.25, 0.3) is 0 Å². The first-order chi connectivity index (χ1) is 13.0. The van der Waals surface area contributed by atoms with E-state index in [1.54, 1.807) is 12.2 Å². The Labute approximate surface area is 164 Å². The number of aliphatic hydroxyl groups excluding tert-OH is 2. The van der Waals surface area contributed by atoms with Crippen molar-refractivity contribution < 1.29 is 24.9 Å². The van der Waals surface area contributed by atoms with E-state index in [2.05, 4.69) is 0 Å². The summed E-state index contributed by atoms with van der Waals surface area (Å²) in [5.41, 5.74) is 1.03. The number of hydrogen-bond donors (Lipinski definition) is 3. The predicted octanol–water partition coefficient (Wildman–Crippen LogP) is 2.84. The maximum absolute atomic E-state index is 12.2. The second-order valence-electron chi connectivity index (χ2n) is 6.95. The molecule has 4 atom stereocenters. The number of aliphatic carboxylic acids is 1. The third-order valence-electron chi connectivity index (χ3n) is 4.70. The number of rotatable bonds is 11. The molecule has 1 aromatic rings. The number of benzene rings is 1. The van der Waals surface area contributed by atoms with Crippen molar-refractivity contribution in [3.05, 3.63) is 48.0 Å². The zero-order valence-corrected chi connectivity index (χ0v) is 16.2. The van der Waals surface area contributed by atoms with Gasteiger partial charge < -0.3 is 15.3 Å². The number of carbonyl (C=O) groups is 2. The van der Waals surface area contributed by atoms with Crippen LogP contribution in [0.1, 0.15) is 37.7 Å². The largest absolute Gasteiger partial charge is 0.481 e. The second kappa shape index (κ2) is 11.3. The van der Waals surface area contributed by atoms with Gasteiger partial charge in [-0.2, -0.15) is 0 Å². The molecule has 0 saturated heterocycles. The van der Waals surface area contributed by atoms with Crippen molar-refractivity contribution in [3.8, 4) is 0 Å². The fourth-order valence-electron chi connectivity index (χ4n) is 3.25. The molecule has 0 bridgehead atoms. The molecule has 0 radical (unpaired) electrons. The normalized spacial score (nSPS) is 23.8. The third kappa shape index (κ3) is 7.48. The molecule has 0 aliphatic heterocycles. The Morgan fingerprint density at radius 3 is 2.67 bits per heavy atom. The molecular weight excluding hydrogens is 364 g/mol. The fourth-order valence-corrected chi connectivity index (χ4v) is 4.65. The highest BCUT2D eigenvalue weighted by molar-refractivity contribution is 8.00. The van der Waals surface area contributed by atoms with Gasteiger partial charge in [-0.1, -0.05) is 48.9 Å². The molecule has 5 nitrogen and oxygen atoms in total. The summed E-state index contributed by atoms with van der Waals surface area (Å²) in [6.45, 7) is 0. The monoisotopic (exact) mass is 392 g/mol. The van der Waals surface area contributed by atoms with Gasteiger partial charge in [0.15, 0.2) is 0 Å². The van der Waals surface area contributed by atoms with E-state index in [-0.39, 0.29) is 29.8 Å². The number of carboxylic acid groups (broad SMARTS) is 1. The smallest absolute Gasteiger partial charge is 0.303 e. The van der Waals surface area contributed by atoms with Gasteiger partial charge in [-0.05, 0) is 24.2 Å². The maximum Gasteiger partial charge on any atom is 0.303 e. The van der Waals surface area contributed by atoms with Crippen molar-refractivity contribution in [2.24, 2.45) is 5.92 Å². The molecule has 1 aliphatic carbocycles. The number of hydrogen-bond acceptors (Lipinski definition) is 5. The molecule has 1 aliphatic rings. The van der Waals surface area contributed by atoms with Crippen LogP contribution in [0.3, 0.4) is 0 Å². The Kier molecular flexibility index (Phi) is 9.04. The van der Waals surface area contributed by atoms with Gasteiger partial charge >= 0.3 is 5.97 Å². The summed E-state index contributed by atoms with van der Waals surface area (Å²) in [6, 6.07) is 9.68. The van der Waals surface area contributed by atoms with Crippen LogP contribution in [0.5, 0.6) is 0 Å². The standard InChI is InChI=1S/C21H28O5S/c22-16(13-15-7-3-1-4-8-15)10-11-17-18(23)14-19(24)21(17)27-12-6-2-5-9-20(25)26/h1,3-4,7-8,10-11,16-18,21-23H,2,5-6,9,12-14H2,(H,25,26)/b11-10+/t16-,17+,18-,21?/m1/s1.